The minimum Gasteiger partial charge on any atom is -0.378 e. The highest BCUT2D eigenvalue weighted by Gasteiger charge is 2.15. The van der Waals surface area contributed by atoms with Crippen LogP contribution < -0.4 is 15.5 Å². The van der Waals surface area contributed by atoms with Gasteiger partial charge in [0.1, 0.15) is 5.82 Å². The van der Waals surface area contributed by atoms with Crippen LogP contribution in [0.4, 0.5) is 23.1 Å². The highest BCUT2D eigenvalue weighted by Crippen LogP contribution is 2.29. The van der Waals surface area contributed by atoms with Gasteiger partial charge in [-0.2, -0.15) is 4.98 Å². The van der Waals surface area contributed by atoms with Gasteiger partial charge < -0.3 is 20.3 Å². The third-order valence-corrected chi connectivity index (χ3v) is 4.38. The fourth-order valence-electron chi connectivity index (χ4n) is 2.98. The van der Waals surface area contributed by atoms with Gasteiger partial charge in [0.2, 0.25) is 5.95 Å². The summed E-state index contributed by atoms with van der Waals surface area (Å²) in [6.45, 7) is 10.7. The fourth-order valence-corrected chi connectivity index (χ4v) is 2.98. The van der Waals surface area contributed by atoms with Crippen molar-refractivity contribution in [2.24, 2.45) is 5.92 Å². The molecule has 6 nitrogen and oxygen atoms in total. The number of nitrogens with one attached hydrogen (secondary N) is 2. The van der Waals surface area contributed by atoms with Crippen molar-refractivity contribution < 1.29 is 4.74 Å². The number of benzene rings is 1. The minimum atomic E-state index is 0.658. The topological polar surface area (TPSA) is 62.3 Å². The zero-order valence-corrected chi connectivity index (χ0v) is 16.0. The van der Waals surface area contributed by atoms with E-state index in [2.05, 4.69) is 57.5 Å². The molecule has 26 heavy (non-hydrogen) atoms. The molecule has 1 aromatic carbocycles. The number of para-hydroxylation sites is 2. The van der Waals surface area contributed by atoms with Crippen molar-refractivity contribution in [1.82, 2.24) is 9.97 Å². The van der Waals surface area contributed by atoms with Crippen molar-refractivity contribution in [3.63, 3.8) is 0 Å². The molecule has 0 unspecified atom stereocenters. The lowest BCUT2D eigenvalue weighted by molar-refractivity contribution is 0.123. The highest BCUT2D eigenvalue weighted by atomic mass is 16.5. The summed E-state index contributed by atoms with van der Waals surface area (Å²) in [7, 11) is 0. The molecule has 0 aliphatic carbocycles. The largest absolute Gasteiger partial charge is 0.378 e. The van der Waals surface area contributed by atoms with Gasteiger partial charge in [-0.25, -0.2) is 4.98 Å². The van der Waals surface area contributed by atoms with Gasteiger partial charge in [-0.1, -0.05) is 26.0 Å². The van der Waals surface area contributed by atoms with E-state index in [1.165, 1.54) is 5.69 Å². The summed E-state index contributed by atoms with van der Waals surface area (Å²) >= 11 is 0. The third-order valence-electron chi connectivity index (χ3n) is 4.38. The first-order valence-electron chi connectivity index (χ1n) is 9.40. The first-order valence-corrected chi connectivity index (χ1v) is 9.40. The van der Waals surface area contributed by atoms with Crippen LogP contribution in [-0.2, 0) is 4.74 Å². The van der Waals surface area contributed by atoms with E-state index < -0.39 is 0 Å². The van der Waals surface area contributed by atoms with Crippen molar-refractivity contribution >= 4 is 23.1 Å². The average Bonchev–Trinajstić information content (AvgIpc) is 2.62. The molecule has 2 aromatic rings. The van der Waals surface area contributed by atoms with Gasteiger partial charge in [0.25, 0.3) is 0 Å². The summed E-state index contributed by atoms with van der Waals surface area (Å²) in [5, 5.41) is 6.81. The van der Waals surface area contributed by atoms with Crippen molar-refractivity contribution in [3.05, 3.63) is 36.0 Å². The number of anilines is 4. The van der Waals surface area contributed by atoms with Crippen LogP contribution in [0.5, 0.6) is 0 Å². The van der Waals surface area contributed by atoms with Crippen LogP contribution in [-0.4, -0.2) is 42.8 Å². The molecule has 0 amide bonds. The molecule has 2 N–H and O–H groups in total. The minimum absolute atomic E-state index is 0.658. The van der Waals surface area contributed by atoms with Crippen LogP contribution in [0.2, 0.25) is 0 Å². The Morgan fingerprint density at radius 3 is 2.69 bits per heavy atom. The number of aromatic nitrogens is 2. The SMILES string of the molecule is Cc1cc(Nc2ccccc2N2CCOCC2)nc(NCCC(C)C)n1. The normalized spacial score (nSPS) is 14.5. The van der Waals surface area contributed by atoms with Crippen molar-refractivity contribution in [2.45, 2.75) is 27.2 Å². The van der Waals surface area contributed by atoms with Gasteiger partial charge in [-0.05, 0) is 31.4 Å². The summed E-state index contributed by atoms with van der Waals surface area (Å²) in [5.41, 5.74) is 3.18. The van der Waals surface area contributed by atoms with E-state index in [-0.39, 0.29) is 0 Å². The molecule has 1 aliphatic heterocycles. The van der Waals surface area contributed by atoms with E-state index in [0.717, 1.165) is 56.5 Å². The molecule has 2 heterocycles. The lowest BCUT2D eigenvalue weighted by atomic mass is 10.1. The van der Waals surface area contributed by atoms with E-state index in [0.29, 0.717) is 11.9 Å². The smallest absolute Gasteiger partial charge is 0.224 e. The van der Waals surface area contributed by atoms with Gasteiger partial charge in [-0.3, -0.25) is 0 Å². The van der Waals surface area contributed by atoms with Crippen LogP contribution in [0.15, 0.2) is 30.3 Å². The maximum atomic E-state index is 5.47. The van der Waals surface area contributed by atoms with Gasteiger partial charge in [0.15, 0.2) is 0 Å². The standard InChI is InChI=1S/C20H29N5O/c1-15(2)8-9-21-20-22-16(3)14-19(24-20)23-17-6-4-5-7-18(17)25-10-12-26-13-11-25/h4-7,14-15H,8-13H2,1-3H3,(H2,21,22,23,24). The van der Waals surface area contributed by atoms with E-state index in [1.54, 1.807) is 0 Å². The molecule has 1 aromatic heterocycles. The quantitative estimate of drug-likeness (QED) is 0.787. The second-order valence-electron chi connectivity index (χ2n) is 7.07. The molecule has 3 rings (SSSR count). The van der Waals surface area contributed by atoms with Gasteiger partial charge in [-0.15, -0.1) is 0 Å². The number of morpholine rings is 1. The summed E-state index contributed by atoms with van der Waals surface area (Å²) in [6.07, 6.45) is 1.10. The Balaban J connectivity index is 1.75. The number of hydrogen-bond acceptors (Lipinski definition) is 6. The fraction of sp³-hybridized carbons (Fsp3) is 0.500. The predicted molar refractivity (Wildman–Crippen MR) is 107 cm³/mol. The van der Waals surface area contributed by atoms with E-state index >= 15 is 0 Å². The maximum absolute atomic E-state index is 5.47. The van der Waals surface area contributed by atoms with Crippen molar-refractivity contribution in [2.75, 3.05) is 48.4 Å². The monoisotopic (exact) mass is 355 g/mol. The van der Waals surface area contributed by atoms with Crippen LogP contribution in [0.3, 0.4) is 0 Å². The summed E-state index contributed by atoms with van der Waals surface area (Å²) in [4.78, 5) is 11.5. The second kappa shape index (κ2) is 8.85. The van der Waals surface area contributed by atoms with E-state index in [9.17, 15) is 0 Å². The molecule has 0 radical (unpaired) electrons. The Labute approximate surface area is 156 Å². The molecule has 6 heteroatoms. The maximum Gasteiger partial charge on any atom is 0.224 e. The second-order valence-corrected chi connectivity index (χ2v) is 7.07. The van der Waals surface area contributed by atoms with Crippen LogP contribution in [0.25, 0.3) is 0 Å². The number of rotatable bonds is 7. The Morgan fingerprint density at radius 2 is 1.92 bits per heavy atom. The first kappa shape index (κ1) is 18.5. The number of hydrogen-bond donors (Lipinski definition) is 2. The Kier molecular flexibility index (Phi) is 6.28. The predicted octanol–water partition coefficient (Wildman–Crippen LogP) is 3.82. The van der Waals surface area contributed by atoms with Crippen LogP contribution >= 0.6 is 0 Å². The molecule has 0 spiro atoms. The highest BCUT2D eigenvalue weighted by molar-refractivity contribution is 5.74. The summed E-state index contributed by atoms with van der Waals surface area (Å²) in [6, 6.07) is 10.3. The number of nitrogens with zero attached hydrogens (tertiary/aromatic N) is 3. The van der Waals surface area contributed by atoms with Crippen LogP contribution in [0.1, 0.15) is 26.0 Å². The molecule has 1 fully saturated rings. The van der Waals surface area contributed by atoms with Gasteiger partial charge in [0, 0.05) is 31.4 Å². The van der Waals surface area contributed by atoms with Gasteiger partial charge in [0.05, 0.1) is 24.6 Å². The van der Waals surface area contributed by atoms with Crippen molar-refractivity contribution in [1.29, 1.82) is 0 Å². The van der Waals surface area contributed by atoms with E-state index in [4.69, 9.17) is 4.74 Å². The lowest BCUT2D eigenvalue weighted by Crippen LogP contribution is -2.36. The zero-order chi connectivity index (χ0) is 18.4. The average molecular weight is 355 g/mol. The lowest BCUT2D eigenvalue weighted by Gasteiger charge is -2.30. The molecule has 0 saturated carbocycles. The number of aryl methyl sites for hydroxylation is 1. The molecule has 0 bridgehead atoms. The van der Waals surface area contributed by atoms with Crippen molar-refractivity contribution in [3.8, 4) is 0 Å². The summed E-state index contributed by atoms with van der Waals surface area (Å²) < 4.78 is 5.47. The summed E-state index contributed by atoms with van der Waals surface area (Å²) in [5.74, 6) is 2.15. The van der Waals surface area contributed by atoms with Gasteiger partial charge >= 0.3 is 0 Å². The molecule has 1 saturated heterocycles. The van der Waals surface area contributed by atoms with Crippen LogP contribution in [0, 0.1) is 12.8 Å². The molecule has 1 aliphatic rings. The molecule has 140 valence electrons. The molecular weight excluding hydrogens is 326 g/mol. The molecular formula is C20H29N5O. The number of ether oxygens (including phenoxy) is 1. The first-order chi connectivity index (χ1) is 12.6. The molecule has 0 atom stereocenters. The Hall–Kier alpha value is -2.34. The van der Waals surface area contributed by atoms with E-state index in [1.807, 2.05) is 19.1 Å². The Bertz CT molecular complexity index is 713. The Morgan fingerprint density at radius 1 is 1.15 bits per heavy atom. The third kappa shape index (κ3) is 5.08. The zero-order valence-electron chi connectivity index (χ0n) is 16.0.